The first-order valence-corrected chi connectivity index (χ1v) is 6.81. The van der Waals surface area contributed by atoms with Gasteiger partial charge < -0.3 is 0 Å². The van der Waals surface area contributed by atoms with E-state index in [0.717, 1.165) is 17.8 Å². The van der Waals surface area contributed by atoms with Gasteiger partial charge in [-0.05, 0) is 38.1 Å². The molecule has 3 nitrogen and oxygen atoms in total. The Morgan fingerprint density at radius 3 is 2.65 bits per heavy atom. The largest absolute Gasteiger partial charge is 0.293 e. The Bertz CT molecular complexity index is 649. The number of Topliss-reactive ketones (excluding diaryl/α,β-unsaturated/α-hetero) is 1. The van der Waals surface area contributed by atoms with E-state index in [4.69, 9.17) is 0 Å². The van der Waals surface area contributed by atoms with Gasteiger partial charge in [0.2, 0.25) is 0 Å². The molecule has 0 N–H and O–H groups in total. The van der Waals surface area contributed by atoms with Crippen LogP contribution in [-0.2, 0) is 0 Å². The molecule has 1 atom stereocenters. The minimum Gasteiger partial charge on any atom is -0.293 e. The number of nitrogens with zero attached hydrogens (tertiary/aromatic N) is 2. The fourth-order valence-electron chi connectivity index (χ4n) is 1.58. The van der Waals surface area contributed by atoms with Crippen molar-refractivity contribution in [2.24, 2.45) is 0 Å². The first-order valence-electron chi connectivity index (χ1n) is 5.93. The van der Waals surface area contributed by atoms with E-state index >= 15 is 0 Å². The van der Waals surface area contributed by atoms with Crippen LogP contribution in [-0.4, -0.2) is 21.0 Å². The molecule has 0 aliphatic heterocycles. The van der Waals surface area contributed by atoms with Crippen LogP contribution < -0.4 is 0 Å². The normalized spacial score (nSPS) is 12.2. The van der Waals surface area contributed by atoms with Crippen molar-refractivity contribution in [2.75, 3.05) is 0 Å². The van der Waals surface area contributed by atoms with Crippen LogP contribution in [0.2, 0.25) is 0 Å². The minimum absolute atomic E-state index is 0.136. The summed E-state index contributed by atoms with van der Waals surface area (Å²) in [4.78, 5) is 20.4. The van der Waals surface area contributed by atoms with Crippen molar-refractivity contribution in [3.05, 3.63) is 53.4 Å². The Morgan fingerprint density at radius 1 is 1.25 bits per heavy atom. The Kier molecular flexibility index (Phi) is 4.44. The van der Waals surface area contributed by atoms with Gasteiger partial charge in [0.15, 0.2) is 22.6 Å². The van der Waals surface area contributed by atoms with Gasteiger partial charge in [-0.15, -0.1) is 0 Å². The quantitative estimate of drug-likeness (QED) is 0.492. The molecule has 1 heterocycles. The molecule has 0 saturated heterocycles. The Balaban J connectivity index is 2.14. The molecule has 0 radical (unpaired) electrons. The number of rotatable bonds is 4. The van der Waals surface area contributed by atoms with Crippen LogP contribution in [0.4, 0.5) is 8.78 Å². The Hall–Kier alpha value is -1.82. The Labute approximate surface area is 119 Å². The number of aromatic nitrogens is 2. The highest BCUT2D eigenvalue weighted by Crippen LogP contribution is 2.23. The summed E-state index contributed by atoms with van der Waals surface area (Å²) < 4.78 is 26.0. The molecule has 104 valence electrons. The lowest BCUT2D eigenvalue weighted by atomic mass is 10.1. The molecule has 2 rings (SSSR count). The third kappa shape index (κ3) is 3.39. The van der Waals surface area contributed by atoms with Gasteiger partial charge in [0, 0.05) is 17.5 Å². The molecule has 0 aliphatic rings. The maximum Gasteiger partial charge on any atom is 0.188 e. The molecular weight excluding hydrogens is 282 g/mol. The molecular formula is C14H12F2N2OS. The number of carbonyl (C=O) groups is 1. The van der Waals surface area contributed by atoms with Crippen molar-refractivity contribution in [3.8, 4) is 0 Å². The van der Waals surface area contributed by atoms with E-state index in [9.17, 15) is 13.6 Å². The lowest BCUT2D eigenvalue weighted by molar-refractivity contribution is 0.0993. The molecule has 0 spiro atoms. The molecule has 0 saturated carbocycles. The smallest absolute Gasteiger partial charge is 0.188 e. The summed E-state index contributed by atoms with van der Waals surface area (Å²) in [7, 11) is 0. The van der Waals surface area contributed by atoms with Gasteiger partial charge in [0.05, 0.1) is 5.25 Å². The van der Waals surface area contributed by atoms with Crippen molar-refractivity contribution in [3.63, 3.8) is 0 Å². The third-order valence-corrected chi connectivity index (χ3v) is 3.60. The van der Waals surface area contributed by atoms with Crippen LogP contribution in [0.3, 0.4) is 0 Å². The van der Waals surface area contributed by atoms with E-state index < -0.39 is 16.9 Å². The lowest BCUT2D eigenvalue weighted by Crippen LogP contribution is -2.14. The summed E-state index contributed by atoms with van der Waals surface area (Å²) in [6.07, 6.45) is 1.61. The highest BCUT2D eigenvalue weighted by atomic mass is 32.2. The SMILES string of the molecule is Cc1ccnc(SC(C)C(=O)c2ccc(F)c(F)c2)n1. The number of benzene rings is 1. The van der Waals surface area contributed by atoms with Crippen molar-refractivity contribution in [1.82, 2.24) is 9.97 Å². The molecule has 0 bridgehead atoms. The summed E-state index contributed by atoms with van der Waals surface area (Å²) in [6.45, 7) is 3.51. The minimum atomic E-state index is -1.03. The molecule has 20 heavy (non-hydrogen) atoms. The van der Waals surface area contributed by atoms with E-state index in [1.54, 1.807) is 19.2 Å². The summed E-state index contributed by atoms with van der Waals surface area (Å²) >= 11 is 1.18. The predicted molar refractivity (Wildman–Crippen MR) is 72.8 cm³/mol. The van der Waals surface area contributed by atoms with Gasteiger partial charge in [-0.1, -0.05) is 11.8 Å². The molecule has 1 aromatic heterocycles. The average molecular weight is 294 g/mol. The molecule has 2 aromatic rings. The molecule has 1 unspecified atom stereocenters. The second-order valence-electron chi connectivity index (χ2n) is 4.23. The zero-order valence-corrected chi connectivity index (χ0v) is 11.7. The molecule has 1 aromatic carbocycles. The number of ketones is 1. The van der Waals surface area contributed by atoms with Gasteiger partial charge >= 0.3 is 0 Å². The summed E-state index contributed by atoms with van der Waals surface area (Å²) in [5.41, 5.74) is 0.937. The molecule has 6 heteroatoms. The van der Waals surface area contributed by atoms with Gasteiger partial charge in [-0.2, -0.15) is 0 Å². The van der Waals surface area contributed by atoms with Crippen molar-refractivity contribution >= 4 is 17.5 Å². The number of hydrogen-bond donors (Lipinski definition) is 0. The molecule has 0 aliphatic carbocycles. The van der Waals surface area contributed by atoms with Gasteiger partial charge in [-0.25, -0.2) is 18.7 Å². The molecule has 0 amide bonds. The number of thioether (sulfide) groups is 1. The first-order chi connectivity index (χ1) is 9.47. The fourth-order valence-corrected chi connectivity index (χ4v) is 2.46. The Morgan fingerprint density at radius 2 is 2.00 bits per heavy atom. The van der Waals surface area contributed by atoms with E-state index in [-0.39, 0.29) is 11.3 Å². The maximum absolute atomic E-state index is 13.1. The second-order valence-corrected chi connectivity index (χ2v) is 5.54. The van der Waals surface area contributed by atoms with Gasteiger partial charge in [-0.3, -0.25) is 4.79 Å². The highest BCUT2D eigenvalue weighted by Gasteiger charge is 2.19. The van der Waals surface area contributed by atoms with E-state index in [1.807, 2.05) is 6.92 Å². The summed E-state index contributed by atoms with van der Waals surface area (Å²) in [5.74, 6) is -2.29. The van der Waals surface area contributed by atoms with Crippen LogP contribution in [0.25, 0.3) is 0 Å². The van der Waals surface area contributed by atoms with Crippen LogP contribution in [0.5, 0.6) is 0 Å². The number of halogens is 2. The highest BCUT2D eigenvalue weighted by molar-refractivity contribution is 8.00. The zero-order chi connectivity index (χ0) is 14.7. The van der Waals surface area contributed by atoms with Gasteiger partial charge in [0.1, 0.15) is 0 Å². The lowest BCUT2D eigenvalue weighted by Gasteiger charge is -2.09. The van der Waals surface area contributed by atoms with Gasteiger partial charge in [0.25, 0.3) is 0 Å². The van der Waals surface area contributed by atoms with Crippen molar-refractivity contribution < 1.29 is 13.6 Å². The monoisotopic (exact) mass is 294 g/mol. The van der Waals surface area contributed by atoms with Crippen LogP contribution in [0.1, 0.15) is 23.0 Å². The maximum atomic E-state index is 13.1. The first kappa shape index (κ1) is 14.6. The average Bonchev–Trinajstić information content (AvgIpc) is 2.41. The number of hydrogen-bond acceptors (Lipinski definition) is 4. The van der Waals surface area contributed by atoms with Crippen LogP contribution in [0, 0.1) is 18.6 Å². The third-order valence-electron chi connectivity index (χ3n) is 2.63. The van der Waals surface area contributed by atoms with Crippen molar-refractivity contribution in [2.45, 2.75) is 24.3 Å². The summed E-state index contributed by atoms with van der Waals surface area (Å²) in [5, 5.41) is -0.00454. The topological polar surface area (TPSA) is 42.9 Å². The van der Waals surface area contributed by atoms with Crippen molar-refractivity contribution in [1.29, 1.82) is 0 Å². The van der Waals surface area contributed by atoms with E-state index in [2.05, 4.69) is 9.97 Å². The van der Waals surface area contributed by atoms with Crippen LogP contribution >= 0.6 is 11.8 Å². The van der Waals surface area contributed by atoms with Crippen LogP contribution in [0.15, 0.2) is 35.6 Å². The van der Waals surface area contributed by atoms with E-state index in [1.165, 1.54) is 17.8 Å². The molecule has 0 fully saturated rings. The fraction of sp³-hybridized carbons (Fsp3) is 0.214. The number of aryl methyl sites for hydroxylation is 1. The number of carbonyl (C=O) groups excluding carboxylic acids is 1. The standard InChI is InChI=1S/C14H12F2N2OS/c1-8-5-6-17-14(18-8)20-9(2)13(19)10-3-4-11(15)12(16)7-10/h3-7,9H,1-2H3. The predicted octanol–water partition coefficient (Wildman–Crippen LogP) is 3.43. The zero-order valence-electron chi connectivity index (χ0n) is 10.9. The van der Waals surface area contributed by atoms with E-state index in [0.29, 0.717) is 5.16 Å². The summed E-state index contributed by atoms with van der Waals surface area (Å²) in [6, 6.07) is 4.88. The second kappa shape index (κ2) is 6.09.